The van der Waals surface area contributed by atoms with Crippen molar-refractivity contribution in [3.63, 3.8) is 0 Å². The van der Waals surface area contributed by atoms with Crippen molar-refractivity contribution >= 4 is 105 Å². The molecule has 0 saturated carbocycles. The Hall–Kier alpha value is -4.75. The molecule has 0 saturated heterocycles. The number of hydrogen-bond acceptors (Lipinski definition) is 6. The summed E-state index contributed by atoms with van der Waals surface area (Å²) >= 11 is 1.87. The summed E-state index contributed by atoms with van der Waals surface area (Å²) in [6.07, 6.45) is 0. The first-order valence-corrected chi connectivity index (χ1v) is 19.8. The van der Waals surface area contributed by atoms with E-state index in [0.717, 1.165) is 39.2 Å². The molecule has 0 fully saturated rings. The molecule has 8 rings (SSSR count). The van der Waals surface area contributed by atoms with Gasteiger partial charge in [0.05, 0.1) is 11.4 Å². The van der Waals surface area contributed by atoms with E-state index in [1.165, 1.54) is 37.2 Å². The first kappa shape index (κ1) is 36.2. The molecule has 5 nitrogen and oxygen atoms in total. The highest BCUT2D eigenvalue weighted by molar-refractivity contribution is 7.33. The maximum absolute atomic E-state index is 11.9. The Kier molecular flexibility index (Phi) is 7.97. The fourth-order valence-electron chi connectivity index (χ4n) is 8.38. The second-order valence-corrected chi connectivity index (χ2v) is 19.6. The number of fused-ring (bicyclic) bond motifs is 6. The molecule has 0 radical (unpaired) electrons. The van der Waals surface area contributed by atoms with Crippen molar-refractivity contribution in [2.45, 2.75) is 85.5 Å². The highest BCUT2D eigenvalue weighted by Gasteiger charge is 2.46. The molecular weight excluding hydrogens is 681 g/mol. The van der Waals surface area contributed by atoms with Gasteiger partial charge in [-0.05, 0) is 110 Å². The van der Waals surface area contributed by atoms with Crippen LogP contribution < -0.4 is 36.4 Å². The number of nitrogens with zero attached hydrogens (tertiary/aromatic N) is 2. The number of aromatic hydroxyl groups is 3. The van der Waals surface area contributed by atoms with Crippen molar-refractivity contribution in [1.82, 2.24) is 0 Å². The van der Waals surface area contributed by atoms with Crippen LogP contribution in [0.3, 0.4) is 0 Å². The number of benzene rings is 5. The maximum Gasteiger partial charge on any atom is 0.264 e. The van der Waals surface area contributed by atoms with Gasteiger partial charge in [-0.15, -0.1) is 11.3 Å². The topological polar surface area (TPSA) is 67.2 Å². The lowest BCUT2D eigenvalue weighted by atomic mass is 9.36. The van der Waals surface area contributed by atoms with Crippen LogP contribution in [-0.4, -0.2) is 37.7 Å². The Morgan fingerprint density at radius 1 is 0.574 bits per heavy atom. The Bertz CT molecular complexity index is 2510. The highest BCUT2D eigenvalue weighted by atomic mass is 32.1. The molecule has 5 aromatic carbocycles. The molecule has 0 atom stereocenters. The third-order valence-electron chi connectivity index (χ3n) is 11.6. The summed E-state index contributed by atoms with van der Waals surface area (Å²) in [4.78, 5) is 4.59. The number of anilines is 6. The summed E-state index contributed by atoms with van der Waals surface area (Å²) in [5.74, 6) is -0.573. The second-order valence-electron chi connectivity index (χ2n) is 18.6. The normalized spacial score (nSPS) is 14.0. The van der Waals surface area contributed by atoms with Gasteiger partial charge in [-0.3, -0.25) is 0 Å². The van der Waals surface area contributed by atoms with Crippen LogP contribution >= 0.6 is 11.3 Å². The summed E-state index contributed by atoms with van der Waals surface area (Å²) in [6, 6.07) is 27.3. The Morgan fingerprint density at radius 3 is 1.72 bits per heavy atom. The molecule has 1 aromatic heterocycles. The third kappa shape index (κ3) is 5.37. The molecular formula is C45H49B3N2O3S. The Morgan fingerprint density at radius 2 is 1.11 bits per heavy atom. The van der Waals surface area contributed by atoms with Crippen molar-refractivity contribution < 1.29 is 15.3 Å². The lowest BCUT2D eigenvalue weighted by Gasteiger charge is -2.44. The minimum atomic E-state index is -0.298. The molecule has 9 heteroatoms. The van der Waals surface area contributed by atoms with E-state index in [0.29, 0.717) is 11.2 Å². The van der Waals surface area contributed by atoms with E-state index in [1.54, 1.807) is 15.7 Å². The second kappa shape index (κ2) is 11.9. The molecule has 0 amide bonds. The van der Waals surface area contributed by atoms with Crippen LogP contribution in [0.15, 0.2) is 72.8 Å². The van der Waals surface area contributed by atoms with Crippen molar-refractivity contribution in [3.05, 3.63) is 95.1 Å². The highest BCUT2D eigenvalue weighted by Crippen LogP contribution is 2.50. The molecule has 0 bridgehead atoms. The Labute approximate surface area is 326 Å². The van der Waals surface area contributed by atoms with Crippen LogP contribution in [0, 0.1) is 6.92 Å². The van der Waals surface area contributed by atoms with Crippen LogP contribution in [0.25, 0.3) is 10.1 Å². The average molecular weight is 730 g/mol. The van der Waals surface area contributed by atoms with E-state index >= 15 is 0 Å². The first-order valence-electron chi connectivity index (χ1n) is 19.0. The molecule has 54 heavy (non-hydrogen) atoms. The zero-order valence-electron chi connectivity index (χ0n) is 33.6. The van der Waals surface area contributed by atoms with E-state index in [-0.39, 0.29) is 45.7 Å². The summed E-state index contributed by atoms with van der Waals surface area (Å²) in [5, 5.41) is 35.2. The molecule has 0 spiro atoms. The number of thiophene rings is 1. The van der Waals surface area contributed by atoms with Gasteiger partial charge >= 0.3 is 0 Å². The summed E-state index contributed by atoms with van der Waals surface area (Å²) in [7, 11) is 3.41. The van der Waals surface area contributed by atoms with E-state index in [4.69, 9.17) is 0 Å². The van der Waals surface area contributed by atoms with Crippen LogP contribution in [0.2, 0.25) is 0 Å². The zero-order valence-corrected chi connectivity index (χ0v) is 34.5. The predicted octanol–water partition coefficient (Wildman–Crippen LogP) is 6.82. The van der Waals surface area contributed by atoms with Gasteiger partial charge in [-0.2, -0.15) is 0 Å². The number of aryl methyl sites for hydroxylation is 1. The van der Waals surface area contributed by atoms with Crippen LogP contribution in [0.1, 0.15) is 84.6 Å². The molecule has 0 unspecified atom stereocenters. The minimum absolute atomic E-state index is 0.0124. The van der Waals surface area contributed by atoms with Gasteiger partial charge in [-0.1, -0.05) is 92.6 Å². The number of phenolic OH excluding ortho intramolecular Hbond substituents is 3. The van der Waals surface area contributed by atoms with Gasteiger partial charge in [0, 0.05) is 37.6 Å². The third-order valence-corrected chi connectivity index (χ3v) is 12.8. The summed E-state index contributed by atoms with van der Waals surface area (Å²) < 4.78 is 2.53. The van der Waals surface area contributed by atoms with E-state index in [2.05, 4.69) is 152 Å². The molecule has 3 N–H and O–H groups in total. The van der Waals surface area contributed by atoms with Gasteiger partial charge in [-0.25, -0.2) is 0 Å². The van der Waals surface area contributed by atoms with E-state index in [9.17, 15) is 15.3 Å². The van der Waals surface area contributed by atoms with E-state index in [1.807, 2.05) is 11.3 Å². The fourth-order valence-corrected chi connectivity index (χ4v) is 9.68. The molecule has 6 aromatic rings. The van der Waals surface area contributed by atoms with E-state index < -0.39 is 0 Å². The number of rotatable bonds is 2. The van der Waals surface area contributed by atoms with Crippen molar-refractivity contribution in [2.75, 3.05) is 9.80 Å². The van der Waals surface area contributed by atoms with Crippen molar-refractivity contribution in [2.24, 2.45) is 0 Å². The summed E-state index contributed by atoms with van der Waals surface area (Å²) in [6.45, 7) is 22.4. The van der Waals surface area contributed by atoms with Gasteiger partial charge in [0.25, 0.3) is 6.71 Å². The predicted molar refractivity (Wildman–Crippen MR) is 238 cm³/mol. The largest absolute Gasteiger partial charge is 0.506 e. The smallest absolute Gasteiger partial charge is 0.264 e. The van der Waals surface area contributed by atoms with Gasteiger partial charge in [0.15, 0.2) is 11.5 Å². The van der Waals surface area contributed by atoms with Crippen LogP contribution in [0.5, 0.6) is 17.2 Å². The lowest BCUT2D eigenvalue weighted by molar-refractivity contribution is 0.404. The molecule has 3 heterocycles. The van der Waals surface area contributed by atoms with Crippen molar-refractivity contribution in [3.8, 4) is 17.2 Å². The minimum Gasteiger partial charge on any atom is -0.506 e. The van der Waals surface area contributed by atoms with Gasteiger partial charge < -0.3 is 25.1 Å². The van der Waals surface area contributed by atoms with Crippen molar-refractivity contribution in [1.29, 1.82) is 0 Å². The molecule has 272 valence electrons. The zero-order chi connectivity index (χ0) is 39.0. The average Bonchev–Trinajstić information content (AvgIpc) is 3.48. The lowest BCUT2D eigenvalue weighted by Crippen LogP contribution is -2.61. The van der Waals surface area contributed by atoms with Crippen LogP contribution in [0.4, 0.5) is 34.1 Å². The number of hydrogen-bond donors (Lipinski definition) is 3. The SMILES string of the molecule is Bc1c(O)c(O)c(B)c(N2c3ccc(C(C)(C)C)cc3B3c4sc5ccc(C(C)(C)C)cc5c4N(c4ccc(C(C)(C)C)cc4)c4cc(C)cc2c43)c1O. The fraction of sp³-hybridized carbons (Fsp3) is 0.289. The monoisotopic (exact) mass is 730 g/mol. The maximum atomic E-state index is 11.9. The quantitative estimate of drug-likeness (QED) is 0.104. The van der Waals surface area contributed by atoms with Crippen LogP contribution in [-0.2, 0) is 16.2 Å². The number of phenols is 3. The first-order chi connectivity index (χ1) is 25.2. The standard InChI is InChI=1S/C45H49B3N2O3S/c1-23-19-31-36-32(20-23)50(38-34(46)40(52)41(53)35(47)39(38)51)30-17-13-26(45(8,9)10)22-29(30)48(36)42-37(28-21-25(44(5,6)7)14-18-33(28)54-42)49(31)27-15-11-24(12-16-27)43(2,3)4/h11-22,51-53H,46-47H2,1-10H3. The van der Waals surface area contributed by atoms with Gasteiger partial charge in [0.1, 0.15) is 21.4 Å². The Balaban J connectivity index is 1.53. The molecule has 2 aliphatic rings. The molecule has 2 aliphatic heterocycles. The molecule has 0 aliphatic carbocycles. The summed E-state index contributed by atoms with van der Waals surface area (Å²) in [5.41, 5.74) is 13.5. The van der Waals surface area contributed by atoms with Gasteiger partial charge in [0.2, 0.25) is 0 Å².